The fourth-order valence-electron chi connectivity index (χ4n) is 5.24. The van der Waals surface area contributed by atoms with E-state index in [1.807, 2.05) is 51.1 Å². The van der Waals surface area contributed by atoms with Crippen LogP contribution in [0, 0.1) is 19.3 Å². The number of nitrogens with one attached hydrogen (secondary N) is 3. The summed E-state index contributed by atoms with van der Waals surface area (Å²) in [5, 5.41) is 18.5. The van der Waals surface area contributed by atoms with Gasteiger partial charge in [-0.3, -0.25) is 9.78 Å². The summed E-state index contributed by atoms with van der Waals surface area (Å²) >= 11 is 0. The summed E-state index contributed by atoms with van der Waals surface area (Å²) in [6, 6.07) is 13.0. The summed E-state index contributed by atoms with van der Waals surface area (Å²) in [5.41, 5.74) is 4.08. The SMILES string of the molecule is Cc1cccc(C)c1NC(=O)Nc1cc(-c2ccncc2)ccc1C(=O)N[C@H](C(=O)O)C1(C)CCCCC1. The maximum atomic E-state index is 13.5. The van der Waals surface area contributed by atoms with Crippen LogP contribution in [-0.4, -0.2) is 34.0 Å². The van der Waals surface area contributed by atoms with E-state index in [4.69, 9.17) is 0 Å². The molecule has 4 rings (SSSR count). The number of nitrogens with zero attached hydrogens (tertiary/aromatic N) is 1. The van der Waals surface area contributed by atoms with Crippen molar-refractivity contribution in [2.45, 2.75) is 58.9 Å². The minimum atomic E-state index is -1.06. The number of hydrogen-bond donors (Lipinski definition) is 4. The van der Waals surface area contributed by atoms with Gasteiger partial charge in [0, 0.05) is 18.1 Å². The molecule has 4 N–H and O–H groups in total. The van der Waals surface area contributed by atoms with Gasteiger partial charge < -0.3 is 21.1 Å². The number of carboxylic acid groups (broad SMARTS) is 1. The van der Waals surface area contributed by atoms with E-state index in [0.717, 1.165) is 54.4 Å². The van der Waals surface area contributed by atoms with Gasteiger partial charge in [-0.25, -0.2) is 9.59 Å². The number of aromatic nitrogens is 1. The molecule has 1 aromatic heterocycles. The van der Waals surface area contributed by atoms with Gasteiger partial charge in [-0.15, -0.1) is 0 Å². The Bertz CT molecular complexity index is 1310. The molecule has 3 aromatic rings. The Labute approximate surface area is 222 Å². The van der Waals surface area contributed by atoms with Gasteiger partial charge in [-0.05, 0) is 78.6 Å². The zero-order valence-corrected chi connectivity index (χ0v) is 22.0. The Kier molecular flexibility index (Phi) is 8.10. The molecule has 8 nitrogen and oxygen atoms in total. The molecule has 0 bridgehead atoms. The maximum Gasteiger partial charge on any atom is 0.326 e. The van der Waals surface area contributed by atoms with Crippen LogP contribution in [0.25, 0.3) is 11.1 Å². The number of hydrogen-bond acceptors (Lipinski definition) is 4. The third-order valence-electron chi connectivity index (χ3n) is 7.46. The Hall–Kier alpha value is -4.20. The van der Waals surface area contributed by atoms with Gasteiger partial charge in [-0.2, -0.15) is 0 Å². The normalized spacial score (nSPS) is 15.2. The zero-order chi connectivity index (χ0) is 27.3. The second kappa shape index (κ2) is 11.5. The molecule has 0 unspecified atom stereocenters. The number of aliphatic carboxylic acids is 1. The first-order chi connectivity index (χ1) is 18.2. The number of aryl methyl sites for hydroxylation is 2. The smallest absolute Gasteiger partial charge is 0.326 e. The predicted octanol–water partition coefficient (Wildman–Crippen LogP) is 6.16. The van der Waals surface area contributed by atoms with Crippen LogP contribution in [0.15, 0.2) is 60.9 Å². The van der Waals surface area contributed by atoms with E-state index in [1.54, 1.807) is 30.6 Å². The standard InChI is InChI=1S/C30H34N4O4/c1-19-8-7-9-20(2)25(19)33-29(38)32-24-18-22(21-12-16-31-17-13-21)10-11-23(24)27(35)34-26(28(36)37)30(3)14-5-4-6-15-30/h7-13,16-18,26H,4-6,14-15H2,1-3H3,(H,34,35)(H,36,37)(H2,32,33,38)/t26-/m1/s1. The Morgan fingerprint density at radius 3 is 2.18 bits per heavy atom. The van der Waals surface area contributed by atoms with Crippen LogP contribution in [-0.2, 0) is 4.79 Å². The number of para-hydroxylation sites is 1. The van der Waals surface area contributed by atoms with Gasteiger partial charge in [0.1, 0.15) is 6.04 Å². The van der Waals surface area contributed by atoms with E-state index in [9.17, 15) is 19.5 Å². The Morgan fingerprint density at radius 2 is 1.55 bits per heavy atom. The topological polar surface area (TPSA) is 120 Å². The monoisotopic (exact) mass is 514 g/mol. The van der Waals surface area contributed by atoms with Gasteiger partial charge in [0.2, 0.25) is 0 Å². The van der Waals surface area contributed by atoms with E-state index < -0.39 is 29.4 Å². The average Bonchev–Trinajstić information content (AvgIpc) is 2.90. The molecule has 198 valence electrons. The molecule has 1 fully saturated rings. The highest BCUT2D eigenvalue weighted by atomic mass is 16.4. The maximum absolute atomic E-state index is 13.5. The lowest BCUT2D eigenvalue weighted by molar-refractivity contribution is -0.143. The molecule has 0 saturated heterocycles. The summed E-state index contributed by atoms with van der Waals surface area (Å²) in [6.07, 6.45) is 7.72. The number of carbonyl (C=O) groups excluding carboxylic acids is 2. The van der Waals surface area contributed by atoms with E-state index in [1.165, 1.54) is 0 Å². The van der Waals surface area contributed by atoms with Crippen molar-refractivity contribution >= 4 is 29.3 Å². The molecule has 2 aromatic carbocycles. The first-order valence-electron chi connectivity index (χ1n) is 12.9. The molecular formula is C30H34N4O4. The zero-order valence-electron chi connectivity index (χ0n) is 22.0. The van der Waals surface area contributed by atoms with Gasteiger partial charge in [0.15, 0.2) is 0 Å². The molecule has 1 atom stereocenters. The van der Waals surface area contributed by atoms with Crippen molar-refractivity contribution < 1.29 is 19.5 Å². The van der Waals surface area contributed by atoms with Crippen molar-refractivity contribution in [3.05, 3.63) is 77.6 Å². The number of amides is 3. The minimum Gasteiger partial charge on any atom is -0.480 e. The van der Waals surface area contributed by atoms with E-state index in [0.29, 0.717) is 5.69 Å². The van der Waals surface area contributed by atoms with Crippen LogP contribution < -0.4 is 16.0 Å². The van der Waals surface area contributed by atoms with Crippen LogP contribution in [0.3, 0.4) is 0 Å². The van der Waals surface area contributed by atoms with Gasteiger partial charge >= 0.3 is 12.0 Å². The van der Waals surface area contributed by atoms with Crippen molar-refractivity contribution in [1.82, 2.24) is 10.3 Å². The summed E-state index contributed by atoms with van der Waals surface area (Å²) in [7, 11) is 0. The highest BCUT2D eigenvalue weighted by Crippen LogP contribution is 2.39. The summed E-state index contributed by atoms with van der Waals surface area (Å²) in [6.45, 7) is 5.74. The van der Waals surface area contributed by atoms with E-state index >= 15 is 0 Å². The minimum absolute atomic E-state index is 0.185. The second-order valence-electron chi connectivity index (χ2n) is 10.3. The number of carbonyl (C=O) groups is 3. The first kappa shape index (κ1) is 26.9. The number of pyridine rings is 1. The third-order valence-corrected chi connectivity index (χ3v) is 7.46. The molecule has 38 heavy (non-hydrogen) atoms. The Balaban J connectivity index is 1.65. The fourth-order valence-corrected chi connectivity index (χ4v) is 5.24. The largest absolute Gasteiger partial charge is 0.480 e. The third kappa shape index (κ3) is 6.02. The predicted molar refractivity (Wildman–Crippen MR) is 148 cm³/mol. The number of carboxylic acids is 1. The van der Waals surface area contributed by atoms with Gasteiger partial charge in [0.05, 0.1) is 11.3 Å². The molecule has 1 saturated carbocycles. The highest BCUT2D eigenvalue weighted by Gasteiger charge is 2.41. The van der Waals surface area contributed by atoms with Crippen LogP contribution in [0.5, 0.6) is 0 Å². The van der Waals surface area contributed by atoms with Crippen molar-refractivity contribution in [3.63, 3.8) is 0 Å². The Morgan fingerprint density at radius 1 is 0.895 bits per heavy atom. The quantitative estimate of drug-likeness (QED) is 0.301. The molecule has 0 radical (unpaired) electrons. The summed E-state index contributed by atoms with van der Waals surface area (Å²) in [4.78, 5) is 42.9. The second-order valence-corrected chi connectivity index (χ2v) is 10.3. The summed E-state index contributed by atoms with van der Waals surface area (Å²) in [5.74, 6) is -1.61. The van der Waals surface area contributed by atoms with Gasteiger partial charge in [0.25, 0.3) is 5.91 Å². The molecule has 0 spiro atoms. The van der Waals surface area contributed by atoms with Crippen molar-refractivity contribution in [1.29, 1.82) is 0 Å². The number of anilines is 2. The number of rotatable bonds is 7. The highest BCUT2D eigenvalue weighted by molar-refractivity contribution is 6.08. The number of urea groups is 1. The molecule has 0 aliphatic heterocycles. The molecule has 3 amide bonds. The van der Waals surface area contributed by atoms with Crippen molar-refractivity contribution in [2.24, 2.45) is 5.41 Å². The molecule has 1 heterocycles. The lowest BCUT2D eigenvalue weighted by atomic mass is 9.70. The van der Waals surface area contributed by atoms with Gasteiger partial charge in [-0.1, -0.05) is 50.5 Å². The van der Waals surface area contributed by atoms with Crippen LogP contribution in [0.4, 0.5) is 16.2 Å². The lowest BCUT2D eigenvalue weighted by Gasteiger charge is -2.38. The first-order valence-corrected chi connectivity index (χ1v) is 12.9. The van der Waals surface area contributed by atoms with Crippen LogP contribution in [0.1, 0.15) is 60.5 Å². The van der Waals surface area contributed by atoms with E-state index in [-0.39, 0.29) is 11.3 Å². The molecule has 8 heteroatoms. The van der Waals surface area contributed by atoms with Crippen LogP contribution >= 0.6 is 0 Å². The van der Waals surface area contributed by atoms with Crippen molar-refractivity contribution in [2.75, 3.05) is 10.6 Å². The fraction of sp³-hybridized carbons (Fsp3) is 0.333. The molecular weight excluding hydrogens is 480 g/mol. The average molecular weight is 515 g/mol. The number of benzene rings is 2. The molecule has 1 aliphatic rings. The van der Waals surface area contributed by atoms with E-state index in [2.05, 4.69) is 20.9 Å². The summed E-state index contributed by atoms with van der Waals surface area (Å²) < 4.78 is 0. The molecule has 1 aliphatic carbocycles. The van der Waals surface area contributed by atoms with Crippen LogP contribution in [0.2, 0.25) is 0 Å². The lowest BCUT2D eigenvalue weighted by Crippen LogP contribution is -2.52. The van der Waals surface area contributed by atoms with Crippen molar-refractivity contribution in [3.8, 4) is 11.1 Å².